The van der Waals surface area contributed by atoms with Gasteiger partial charge >= 0.3 is 5.97 Å². The molecule has 1 aliphatic rings. The monoisotopic (exact) mass is 142 g/mol. The van der Waals surface area contributed by atoms with Crippen molar-refractivity contribution in [3.63, 3.8) is 0 Å². The molecule has 1 aliphatic heterocycles. The Morgan fingerprint density at radius 3 is 2.70 bits per heavy atom. The van der Waals surface area contributed by atoms with Gasteiger partial charge in [0.15, 0.2) is 0 Å². The number of hydrogen-bond acceptors (Lipinski definition) is 2. The Morgan fingerprint density at radius 1 is 1.90 bits per heavy atom. The third-order valence-electron chi connectivity index (χ3n) is 1.45. The minimum absolute atomic E-state index is 0.347. The second kappa shape index (κ2) is 2.40. The average Bonchev–Trinajstić information content (AvgIpc) is 2.13. The number of cyclic esters (lactones) is 1. The van der Waals surface area contributed by atoms with Gasteiger partial charge in [-0.3, -0.25) is 0 Å². The fourth-order valence-electron chi connectivity index (χ4n) is 0.803. The van der Waals surface area contributed by atoms with Crippen LogP contribution in [0.2, 0.25) is 0 Å². The molecule has 4 heteroatoms. The molecule has 1 rings (SSSR count). The zero-order valence-electron chi connectivity index (χ0n) is 5.81. The third-order valence-corrected chi connectivity index (χ3v) is 1.45. The molecule has 2 unspecified atom stereocenters. The van der Waals surface area contributed by atoms with Crippen LogP contribution in [0.25, 0.3) is 5.84 Å². The molecule has 0 amide bonds. The highest BCUT2D eigenvalue weighted by molar-refractivity contribution is 5.89. The van der Waals surface area contributed by atoms with Gasteiger partial charge in [0.25, 0.3) is 0 Å². The maximum atomic E-state index is 10.7. The smallest absolute Gasteiger partial charge is 0.338 e. The molecule has 0 bridgehead atoms. The maximum Gasteiger partial charge on any atom is 0.338 e. The van der Waals surface area contributed by atoms with E-state index in [9.17, 15) is 4.79 Å². The first-order valence-corrected chi connectivity index (χ1v) is 3.05. The summed E-state index contributed by atoms with van der Waals surface area (Å²) in [6, 6.07) is 0. The molecule has 0 aromatic rings. The van der Waals surface area contributed by atoms with Crippen LogP contribution < -0.4 is 5.01 Å². The van der Waals surface area contributed by atoms with Crippen molar-refractivity contribution in [2.24, 2.45) is 0 Å². The van der Waals surface area contributed by atoms with Crippen molar-refractivity contribution in [3.05, 3.63) is 18.0 Å². The van der Waals surface area contributed by atoms with Crippen LogP contribution in [0.4, 0.5) is 0 Å². The van der Waals surface area contributed by atoms with Gasteiger partial charge in [-0.05, 0) is 0 Å². The van der Waals surface area contributed by atoms with Gasteiger partial charge in [-0.1, -0.05) is 6.58 Å². The Labute approximate surface area is 59.2 Å². The predicted octanol–water partition coefficient (Wildman–Crippen LogP) is -0.703. The predicted molar refractivity (Wildman–Crippen MR) is 34.8 cm³/mol. The molecule has 1 heterocycles. The van der Waals surface area contributed by atoms with E-state index in [2.05, 4.69) is 6.58 Å². The molecular weight excluding hydrogens is 132 g/mol. The Morgan fingerprint density at radius 2 is 2.50 bits per heavy atom. The van der Waals surface area contributed by atoms with Crippen LogP contribution in [0.15, 0.2) is 12.2 Å². The first-order valence-electron chi connectivity index (χ1n) is 3.05. The summed E-state index contributed by atoms with van der Waals surface area (Å²) in [5.74, 6) is 6.79. The number of hydrogen-bond donors (Lipinski definition) is 1. The summed E-state index contributed by atoms with van der Waals surface area (Å²) in [6.07, 6.45) is 0.133. The number of nitrogens with one attached hydrogen (secondary N) is 2. The molecular formula is C6H10N2O2. The van der Waals surface area contributed by atoms with Gasteiger partial charge in [0.1, 0.15) is 0 Å². The number of carbonyl (C=O) groups excluding carboxylic acids is 1. The van der Waals surface area contributed by atoms with E-state index < -0.39 is 0 Å². The molecule has 4 nitrogen and oxygen atoms in total. The molecule has 0 aromatic heterocycles. The van der Waals surface area contributed by atoms with Crippen molar-refractivity contribution < 1.29 is 14.5 Å². The Kier molecular flexibility index (Phi) is 1.74. The topological polar surface area (TPSA) is 54.5 Å². The van der Waals surface area contributed by atoms with Crippen molar-refractivity contribution >= 4 is 5.97 Å². The lowest BCUT2D eigenvalue weighted by Gasteiger charge is -2.20. The molecule has 1 saturated heterocycles. The van der Waals surface area contributed by atoms with Crippen LogP contribution in [-0.4, -0.2) is 19.2 Å². The van der Waals surface area contributed by atoms with Gasteiger partial charge in [0.05, 0.1) is 13.5 Å². The van der Waals surface area contributed by atoms with Crippen LogP contribution in [-0.2, 0) is 9.53 Å². The van der Waals surface area contributed by atoms with Crippen molar-refractivity contribution in [3.8, 4) is 0 Å². The molecule has 0 aliphatic carbocycles. The average molecular weight is 142 g/mol. The molecule has 0 spiro atoms. The van der Waals surface area contributed by atoms with Gasteiger partial charge < -0.3 is 15.6 Å². The van der Waals surface area contributed by atoms with E-state index in [0.29, 0.717) is 17.0 Å². The van der Waals surface area contributed by atoms with E-state index >= 15 is 0 Å². The van der Waals surface area contributed by atoms with Crippen LogP contribution in [0.5, 0.6) is 0 Å². The van der Waals surface area contributed by atoms with Crippen LogP contribution in [0.1, 0.15) is 6.42 Å². The van der Waals surface area contributed by atoms with E-state index in [-0.39, 0.29) is 12.2 Å². The van der Waals surface area contributed by atoms with Crippen LogP contribution >= 0.6 is 0 Å². The van der Waals surface area contributed by atoms with Crippen LogP contribution in [0, 0.1) is 0 Å². The van der Waals surface area contributed by atoms with E-state index in [1.54, 1.807) is 7.05 Å². The van der Waals surface area contributed by atoms with E-state index in [1.165, 1.54) is 0 Å². The van der Waals surface area contributed by atoms with Gasteiger partial charge in [-0.15, -0.1) is 0 Å². The summed E-state index contributed by atoms with van der Waals surface area (Å²) in [5, 5.41) is 0.381. The first kappa shape index (κ1) is 7.24. The molecule has 0 radical (unpaired) electrons. The fraction of sp³-hybridized carbons (Fsp3) is 0.500. The van der Waals surface area contributed by atoms with Gasteiger partial charge in [0, 0.05) is 5.57 Å². The number of carbonyl (C=O) groups is 1. The first-order chi connectivity index (χ1) is 4.61. The molecule has 56 valence electrons. The second-order valence-corrected chi connectivity index (χ2v) is 2.38. The van der Waals surface area contributed by atoms with E-state index in [0.717, 1.165) is 0 Å². The number of ether oxygens (including phenoxy) is 1. The molecule has 0 saturated carbocycles. The maximum absolute atomic E-state index is 10.7. The summed E-state index contributed by atoms with van der Waals surface area (Å²) in [4.78, 5) is 10.7. The molecule has 1 fully saturated rings. The van der Waals surface area contributed by atoms with E-state index in [1.807, 2.05) is 0 Å². The number of esters is 1. The number of rotatable bonds is 1. The van der Waals surface area contributed by atoms with Crippen molar-refractivity contribution in [1.82, 2.24) is 0 Å². The summed E-state index contributed by atoms with van der Waals surface area (Å²) in [6.45, 7) is 3.50. The summed E-state index contributed by atoms with van der Waals surface area (Å²) >= 11 is 0. The molecule has 10 heavy (non-hydrogen) atoms. The fourth-order valence-corrected chi connectivity index (χ4v) is 0.803. The zero-order chi connectivity index (χ0) is 7.72. The second-order valence-electron chi connectivity index (χ2n) is 2.38. The summed E-state index contributed by atoms with van der Waals surface area (Å²) in [5.41, 5.74) is 0.469. The SMILES string of the molecule is C=C1CC([NH+](C)[NH-])OC1=O. The lowest BCUT2D eigenvalue weighted by atomic mass is 10.2. The molecule has 2 atom stereocenters. The summed E-state index contributed by atoms with van der Waals surface area (Å²) in [7, 11) is 1.62. The lowest BCUT2D eigenvalue weighted by Crippen LogP contribution is -3.06. The Hall–Kier alpha value is -0.870. The van der Waals surface area contributed by atoms with Gasteiger partial charge in [-0.2, -0.15) is 0 Å². The molecule has 0 aromatic carbocycles. The van der Waals surface area contributed by atoms with Crippen molar-refractivity contribution in [2.45, 2.75) is 12.6 Å². The lowest BCUT2D eigenvalue weighted by molar-refractivity contribution is -0.876. The third kappa shape index (κ3) is 1.17. The normalized spacial score (nSPS) is 28.4. The Bertz CT molecular complexity index is 161. The minimum atomic E-state index is -0.364. The quantitative estimate of drug-likeness (QED) is 0.299. The molecule has 2 N–H and O–H groups in total. The van der Waals surface area contributed by atoms with Gasteiger partial charge in [0.2, 0.25) is 6.23 Å². The highest BCUT2D eigenvalue weighted by atomic mass is 16.6. The standard InChI is InChI=1S/C6H10N2O2/c1-4-3-5(8(2)7)10-6(4)9/h5,7-8H,1,3H2,2H3. The minimum Gasteiger partial charge on any atom is -0.467 e. The van der Waals surface area contributed by atoms with Crippen LogP contribution in [0.3, 0.4) is 0 Å². The summed E-state index contributed by atoms with van der Waals surface area (Å²) < 4.78 is 4.77. The van der Waals surface area contributed by atoms with Crippen molar-refractivity contribution in [2.75, 3.05) is 7.05 Å². The van der Waals surface area contributed by atoms with Crippen molar-refractivity contribution in [1.29, 1.82) is 0 Å². The Balaban J connectivity index is 2.57. The number of quaternary nitrogens is 1. The highest BCUT2D eigenvalue weighted by Crippen LogP contribution is 2.13. The zero-order valence-corrected chi connectivity index (χ0v) is 5.81. The van der Waals surface area contributed by atoms with Gasteiger partial charge in [-0.25, -0.2) is 4.79 Å². The highest BCUT2D eigenvalue weighted by Gasteiger charge is 2.29. The van der Waals surface area contributed by atoms with E-state index in [4.69, 9.17) is 10.6 Å². The largest absolute Gasteiger partial charge is 0.467 e.